The van der Waals surface area contributed by atoms with Gasteiger partial charge in [-0.15, -0.1) is 11.3 Å². The molecule has 0 radical (unpaired) electrons. The van der Waals surface area contributed by atoms with E-state index in [1.165, 1.54) is 34.0 Å². The van der Waals surface area contributed by atoms with E-state index in [0.717, 1.165) is 34.3 Å². The largest absolute Gasteiger partial charge is 0.315 e. The number of benzene rings is 1. The van der Waals surface area contributed by atoms with Gasteiger partial charge in [0.2, 0.25) is 5.91 Å². The summed E-state index contributed by atoms with van der Waals surface area (Å²) in [6.07, 6.45) is 5.07. The van der Waals surface area contributed by atoms with Crippen LogP contribution in [-0.4, -0.2) is 28.7 Å². The minimum absolute atomic E-state index is 0.0747. The second-order valence-corrected chi connectivity index (χ2v) is 8.84. The van der Waals surface area contributed by atoms with E-state index < -0.39 is 0 Å². The third-order valence-electron chi connectivity index (χ3n) is 4.91. The molecular weight excluding hydrogens is 362 g/mol. The summed E-state index contributed by atoms with van der Waals surface area (Å²) in [6.45, 7) is 2.31. The van der Waals surface area contributed by atoms with Crippen molar-refractivity contribution in [3.8, 4) is 0 Å². The van der Waals surface area contributed by atoms with Gasteiger partial charge in [0.1, 0.15) is 16.2 Å². The fourth-order valence-electron chi connectivity index (χ4n) is 3.38. The Labute approximate surface area is 161 Å². The van der Waals surface area contributed by atoms with Crippen LogP contribution in [0.2, 0.25) is 0 Å². The smallest absolute Gasteiger partial charge is 0.237 e. The van der Waals surface area contributed by atoms with Gasteiger partial charge in [0.05, 0.1) is 5.75 Å². The minimum atomic E-state index is 0.0747. The number of aryl methyl sites for hydroxylation is 1. The molecule has 4 rings (SSSR count). The molecule has 1 aromatic carbocycles. The first-order valence-corrected chi connectivity index (χ1v) is 10.6. The Bertz CT molecular complexity index is 939. The summed E-state index contributed by atoms with van der Waals surface area (Å²) in [5.41, 5.74) is 2.32. The van der Waals surface area contributed by atoms with Crippen molar-refractivity contribution in [1.82, 2.24) is 9.97 Å². The molecule has 1 aliphatic rings. The molecule has 6 heteroatoms. The third-order valence-corrected chi connectivity index (χ3v) is 7.04. The van der Waals surface area contributed by atoms with E-state index in [0.29, 0.717) is 5.75 Å². The van der Waals surface area contributed by atoms with Crippen molar-refractivity contribution in [2.24, 2.45) is 5.92 Å². The molecule has 3 aromatic rings. The van der Waals surface area contributed by atoms with Crippen LogP contribution in [0.3, 0.4) is 0 Å². The minimum Gasteiger partial charge on any atom is -0.315 e. The standard InChI is InChI=1S/C20H21N3OS2/c1-13-8-9-15-16(10-13)26-20-18(15)19(21-12-22-20)25-11-17(24)23(2)14-6-4-3-5-7-14/h3-7,12-13H,8-11H2,1-2H3/t13-/m1/s1. The zero-order chi connectivity index (χ0) is 18.1. The number of rotatable bonds is 4. The summed E-state index contributed by atoms with van der Waals surface area (Å²) in [7, 11) is 1.82. The van der Waals surface area contributed by atoms with Gasteiger partial charge < -0.3 is 4.90 Å². The maximum absolute atomic E-state index is 12.6. The highest BCUT2D eigenvalue weighted by Gasteiger charge is 2.23. The number of aromatic nitrogens is 2. The van der Waals surface area contributed by atoms with Gasteiger partial charge in [-0.3, -0.25) is 4.79 Å². The van der Waals surface area contributed by atoms with E-state index in [-0.39, 0.29) is 5.91 Å². The average Bonchev–Trinajstić information content (AvgIpc) is 3.04. The molecule has 1 aliphatic carbocycles. The third kappa shape index (κ3) is 3.35. The first-order valence-electron chi connectivity index (χ1n) is 8.83. The van der Waals surface area contributed by atoms with Crippen molar-refractivity contribution >= 4 is 44.9 Å². The number of amides is 1. The first kappa shape index (κ1) is 17.5. The van der Waals surface area contributed by atoms with E-state index >= 15 is 0 Å². The molecule has 2 aromatic heterocycles. The molecule has 0 saturated carbocycles. The van der Waals surface area contributed by atoms with Crippen LogP contribution < -0.4 is 4.90 Å². The van der Waals surface area contributed by atoms with Gasteiger partial charge in [0.25, 0.3) is 0 Å². The van der Waals surface area contributed by atoms with Gasteiger partial charge in [0.15, 0.2) is 0 Å². The molecule has 4 nitrogen and oxygen atoms in total. The van der Waals surface area contributed by atoms with E-state index in [2.05, 4.69) is 16.9 Å². The van der Waals surface area contributed by atoms with Crippen molar-refractivity contribution in [1.29, 1.82) is 0 Å². The lowest BCUT2D eigenvalue weighted by Gasteiger charge is -2.18. The van der Waals surface area contributed by atoms with E-state index in [9.17, 15) is 4.79 Å². The maximum Gasteiger partial charge on any atom is 0.237 e. The summed E-state index contributed by atoms with van der Waals surface area (Å²) in [6, 6.07) is 9.73. The number of anilines is 1. The van der Waals surface area contributed by atoms with Crippen molar-refractivity contribution in [3.63, 3.8) is 0 Å². The number of carbonyl (C=O) groups is 1. The second-order valence-electron chi connectivity index (χ2n) is 6.79. The Kier molecular flexibility index (Phi) is 4.96. The summed E-state index contributed by atoms with van der Waals surface area (Å²) >= 11 is 3.32. The van der Waals surface area contributed by atoms with Crippen LogP contribution in [0.15, 0.2) is 41.7 Å². The Morgan fingerprint density at radius 3 is 2.92 bits per heavy atom. The van der Waals surface area contributed by atoms with Gasteiger partial charge >= 0.3 is 0 Å². The van der Waals surface area contributed by atoms with Crippen LogP contribution in [0, 0.1) is 5.92 Å². The number of nitrogens with zero attached hydrogens (tertiary/aromatic N) is 3. The zero-order valence-electron chi connectivity index (χ0n) is 14.9. The maximum atomic E-state index is 12.6. The first-order chi connectivity index (χ1) is 12.6. The van der Waals surface area contributed by atoms with Crippen LogP contribution in [0.1, 0.15) is 23.8 Å². The zero-order valence-corrected chi connectivity index (χ0v) is 16.6. The Balaban J connectivity index is 1.55. The Morgan fingerprint density at radius 2 is 2.12 bits per heavy atom. The lowest BCUT2D eigenvalue weighted by atomic mass is 9.89. The topological polar surface area (TPSA) is 46.1 Å². The fourth-order valence-corrected chi connectivity index (χ4v) is 5.73. The number of carbonyl (C=O) groups excluding carboxylic acids is 1. The summed E-state index contributed by atoms with van der Waals surface area (Å²) in [4.78, 5) is 25.8. The molecule has 2 heterocycles. The number of thiophene rings is 1. The average molecular weight is 384 g/mol. The molecule has 1 atom stereocenters. The SMILES string of the molecule is C[C@@H]1CCc2c(sc3ncnc(SCC(=O)N(C)c4ccccc4)c23)C1. The Morgan fingerprint density at radius 1 is 1.31 bits per heavy atom. The van der Waals surface area contributed by atoms with Gasteiger partial charge in [-0.2, -0.15) is 0 Å². The molecule has 0 unspecified atom stereocenters. The van der Waals surface area contributed by atoms with Gasteiger partial charge in [-0.25, -0.2) is 9.97 Å². The van der Waals surface area contributed by atoms with Crippen molar-refractivity contribution in [3.05, 3.63) is 47.1 Å². The highest BCUT2D eigenvalue weighted by Crippen LogP contribution is 2.40. The Hall–Kier alpha value is -1.92. The van der Waals surface area contributed by atoms with Gasteiger partial charge in [0, 0.05) is 23.0 Å². The molecule has 0 fully saturated rings. The molecule has 26 heavy (non-hydrogen) atoms. The summed E-state index contributed by atoms with van der Waals surface area (Å²) in [5.74, 6) is 1.19. The quantitative estimate of drug-likeness (QED) is 0.489. The summed E-state index contributed by atoms with van der Waals surface area (Å²) < 4.78 is 0. The second kappa shape index (κ2) is 7.37. The normalized spacial score (nSPS) is 16.5. The van der Waals surface area contributed by atoms with Crippen molar-refractivity contribution in [2.45, 2.75) is 31.2 Å². The van der Waals surface area contributed by atoms with Crippen LogP contribution in [0.25, 0.3) is 10.2 Å². The number of hydrogen-bond donors (Lipinski definition) is 0. The van der Waals surface area contributed by atoms with Crippen LogP contribution in [-0.2, 0) is 17.6 Å². The molecule has 1 amide bonds. The van der Waals surface area contributed by atoms with E-state index in [1.807, 2.05) is 37.4 Å². The predicted octanol–water partition coefficient (Wildman–Crippen LogP) is 4.57. The number of fused-ring (bicyclic) bond motifs is 3. The van der Waals surface area contributed by atoms with Crippen molar-refractivity contribution in [2.75, 3.05) is 17.7 Å². The molecule has 0 bridgehead atoms. The van der Waals surface area contributed by atoms with Gasteiger partial charge in [-0.05, 0) is 42.9 Å². The fraction of sp³-hybridized carbons (Fsp3) is 0.350. The highest BCUT2D eigenvalue weighted by atomic mass is 32.2. The highest BCUT2D eigenvalue weighted by molar-refractivity contribution is 8.00. The van der Waals surface area contributed by atoms with Crippen molar-refractivity contribution < 1.29 is 4.79 Å². The van der Waals surface area contributed by atoms with E-state index in [1.54, 1.807) is 22.6 Å². The molecule has 134 valence electrons. The number of para-hydroxylation sites is 1. The predicted molar refractivity (Wildman–Crippen MR) is 109 cm³/mol. The molecule has 0 spiro atoms. The monoisotopic (exact) mass is 383 g/mol. The molecule has 0 saturated heterocycles. The summed E-state index contributed by atoms with van der Waals surface area (Å²) in [5, 5.41) is 2.12. The lowest BCUT2D eigenvalue weighted by molar-refractivity contribution is -0.115. The lowest BCUT2D eigenvalue weighted by Crippen LogP contribution is -2.27. The van der Waals surface area contributed by atoms with E-state index in [4.69, 9.17) is 0 Å². The number of thioether (sulfide) groups is 1. The molecule has 0 aliphatic heterocycles. The van der Waals surface area contributed by atoms with Crippen LogP contribution >= 0.6 is 23.1 Å². The molecular formula is C20H21N3OS2. The van der Waals surface area contributed by atoms with Gasteiger partial charge in [-0.1, -0.05) is 36.9 Å². The number of hydrogen-bond acceptors (Lipinski definition) is 5. The van der Waals surface area contributed by atoms with Crippen LogP contribution in [0.5, 0.6) is 0 Å². The molecule has 0 N–H and O–H groups in total. The van der Waals surface area contributed by atoms with Crippen LogP contribution in [0.4, 0.5) is 5.69 Å².